The predicted octanol–water partition coefficient (Wildman–Crippen LogP) is 3.30. The lowest BCUT2D eigenvalue weighted by molar-refractivity contribution is 0.0570. The summed E-state index contributed by atoms with van der Waals surface area (Å²) in [4.78, 5) is 32.2. The van der Waals surface area contributed by atoms with Crippen molar-refractivity contribution in [3.8, 4) is 0 Å². The third-order valence-electron chi connectivity index (χ3n) is 4.76. The molecule has 1 aliphatic rings. The normalized spacial score (nSPS) is 13.9. The summed E-state index contributed by atoms with van der Waals surface area (Å²) in [5.74, 6) is 0.626. The fourth-order valence-electron chi connectivity index (χ4n) is 3.17. The van der Waals surface area contributed by atoms with E-state index in [1.54, 1.807) is 29.0 Å². The van der Waals surface area contributed by atoms with Crippen molar-refractivity contribution in [3.63, 3.8) is 0 Å². The number of carbonyl (C=O) groups excluding carboxylic acids is 2. The minimum Gasteiger partial charge on any atom is -0.450 e. The number of hydrogen-bond acceptors (Lipinski definition) is 5. The lowest BCUT2D eigenvalue weighted by Crippen LogP contribution is -2.50. The lowest BCUT2D eigenvalue weighted by Gasteiger charge is -2.34. The first-order valence-electron chi connectivity index (χ1n) is 9.64. The Morgan fingerprint density at radius 3 is 2.39 bits per heavy atom. The number of aryl methyl sites for hydroxylation is 1. The van der Waals surface area contributed by atoms with Crippen LogP contribution in [0.5, 0.6) is 0 Å². The third-order valence-corrected chi connectivity index (χ3v) is 4.76. The number of amides is 2. The zero-order chi connectivity index (χ0) is 19.9. The van der Waals surface area contributed by atoms with Gasteiger partial charge in [-0.05, 0) is 37.1 Å². The molecule has 0 spiro atoms. The van der Waals surface area contributed by atoms with Gasteiger partial charge in [-0.25, -0.2) is 9.78 Å². The van der Waals surface area contributed by atoms with Crippen molar-refractivity contribution in [2.45, 2.75) is 20.3 Å². The van der Waals surface area contributed by atoms with E-state index in [2.05, 4.69) is 23.3 Å². The van der Waals surface area contributed by atoms with Crippen LogP contribution in [0.2, 0.25) is 0 Å². The molecular formula is C21H26N4O3. The highest BCUT2D eigenvalue weighted by Crippen LogP contribution is 2.20. The van der Waals surface area contributed by atoms with Crippen LogP contribution in [0, 0.1) is 0 Å². The van der Waals surface area contributed by atoms with E-state index < -0.39 is 0 Å². The molecule has 0 unspecified atom stereocenters. The molecule has 0 atom stereocenters. The zero-order valence-electron chi connectivity index (χ0n) is 16.4. The van der Waals surface area contributed by atoms with Gasteiger partial charge < -0.3 is 19.9 Å². The molecule has 0 radical (unpaired) electrons. The minimum absolute atomic E-state index is 0.0727. The van der Waals surface area contributed by atoms with Crippen LogP contribution in [0.4, 0.5) is 16.3 Å². The van der Waals surface area contributed by atoms with E-state index in [4.69, 9.17) is 4.74 Å². The molecule has 1 aromatic heterocycles. The Morgan fingerprint density at radius 2 is 1.75 bits per heavy atom. The Balaban J connectivity index is 1.59. The highest BCUT2D eigenvalue weighted by atomic mass is 16.6. The Hall–Kier alpha value is -3.09. The van der Waals surface area contributed by atoms with E-state index in [1.165, 1.54) is 5.56 Å². The Kier molecular flexibility index (Phi) is 6.47. The maximum atomic E-state index is 12.7. The van der Waals surface area contributed by atoms with Crippen molar-refractivity contribution in [1.82, 2.24) is 14.8 Å². The van der Waals surface area contributed by atoms with Gasteiger partial charge in [-0.2, -0.15) is 0 Å². The van der Waals surface area contributed by atoms with Gasteiger partial charge in [0.25, 0.3) is 5.91 Å². The summed E-state index contributed by atoms with van der Waals surface area (Å²) >= 11 is 0. The lowest BCUT2D eigenvalue weighted by atomic mass is 10.1. The van der Waals surface area contributed by atoms with Crippen molar-refractivity contribution in [1.29, 1.82) is 0 Å². The highest BCUT2D eigenvalue weighted by molar-refractivity contribution is 5.94. The standard InChI is InChI=1S/C21H26N4O3/c1-3-16-7-5-6-8-18(16)23-19-10-9-17(15-22-19)20(26)24-11-13-25(14-12-24)21(27)28-4-2/h5-10,15H,3-4,11-14H2,1-2H3,(H,22,23). The summed E-state index contributed by atoms with van der Waals surface area (Å²) in [6, 6.07) is 11.7. The van der Waals surface area contributed by atoms with Crippen LogP contribution in [-0.2, 0) is 11.2 Å². The molecule has 1 aromatic carbocycles. The van der Waals surface area contributed by atoms with Gasteiger partial charge in [0.05, 0.1) is 12.2 Å². The molecule has 2 amide bonds. The van der Waals surface area contributed by atoms with Gasteiger partial charge in [0, 0.05) is 38.1 Å². The molecule has 148 valence electrons. The largest absolute Gasteiger partial charge is 0.450 e. The van der Waals surface area contributed by atoms with E-state index in [0.29, 0.717) is 44.2 Å². The Bertz CT molecular complexity index is 815. The van der Waals surface area contributed by atoms with E-state index >= 15 is 0 Å². The molecule has 0 saturated carbocycles. The molecular weight excluding hydrogens is 356 g/mol. The summed E-state index contributed by atoms with van der Waals surface area (Å²) in [5, 5.41) is 3.31. The average Bonchev–Trinajstić information content (AvgIpc) is 2.74. The third kappa shape index (κ3) is 4.60. The van der Waals surface area contributed by atoms with Crippen molar-refractivity contribution in [3.05, 3.63) is 53.7 Å². The summed E-state index contributed by atoms with van der Waals surface area (Å²) in [7, 11) is 0. The van der Waals surface area contributed by atoms with Crippen LogP contribution in [0.3, 0.4) is 0 Å². The molecule has 1 saturated heterocycles. The first-order valence-corrected chi connectivity index (χ1v) is 9.64. The number of anilines is 2. The number of aromatic nitrogens is 1. The van der Waals surface area contributed by atoms with Gasteiger partial charge in [0.15, 0.2) is 0 Å². The van der Waals surface area contributed by atoms with Crippen LogP contribution >= 0.6 is 0 Å². The van der Waals surface area contributed by atoms with Gasteiger partial charge in [-0.1, -0.05) is 25.1 Å². The maximum absolute atomic E-state index is 12.7. The second-order valence-electron chi connectivity index (χ2n) is 6.55. The van der Waals surface area contributed by atoms with E-state index in [1.807, 2.05) is 24.3 Å². The number of para-hydroxylation sites is 1. The number of carbonyl (C=O) groups is 2. The molecule has 0 bridgehead atoms. The molecule has 1 fully saturated rings. The molecule has 2 heterocycles. The number of rotatable bonds is 5. The highest BCUT2D eigenvalue weighted by Gasteiger charge is 2.25. The molecule has 28 heavy (non-hydrogen) atoms. The van der Waals surface area contributed by atoms with Gasteiger partial charge >= 0.3 is 6.09 Å². The maximum Gasteiger partial charge on any atom is 0.409 e. The first-order chi connectivity index (χ1) is 13.6. The number of hydrogen-bond donors (Lipinski definition) is 1. The summed E-state index contributed by atoms with van der Waals surface area (Å²) < 4.78 is 5.01. The predicted molar refractivity (Wildman–Crippen MR) is 108 cm³/mol. The van der Waals surface area contributed by atoms with Crippen LogP contribution < -0.4 is 5.32 Å². The molecule has 2 aromatic rings. The average molecular weight is 382 g/mol. The molecule has 1 aliphatic heterocycles. The van der Waals surface area contributed by atoms with Crippen LogP contribution in [0.1, 0.15) is 29.8 Å². The second-order valence-corrected chi connectivity index (χ2v) is 6.55. The number of nitrogens with one attached hydrogen (secondary N) is 1. The quantitative estimate of drug-likeness (QED) is 0.859. The fourth-order valence-corrected chi connectivity index (χ4v) is 3.17. The molecule has 1 N–H and O–H groups in total. The van der Waals surface area contributed by atoms with Crippen molar-refractivity contribution in [2.24, 2.45) is 0 Å². The summed E-state index contributed by atoms with van der Waals surface area (Å²) in [5.41, 5.74) is 2.77. The van der Waals surface area contributed by atoms with Gasteiger partial charge in [0.2, 0.25) is 0 Å². The molecule has 0 aliphatic carbocycles. The van der Waals surface area contributed by atoms with Crippen molar-refractivity contribution < 1.29 is 14.3 Å². The van der Waals surface area contributed by atoms with E-state index in [9.17, 15) is 9.59 Å². The molecule has 7 heteroatoms. The van der Waals surface area contributed by atoms with Gasteiger partial charge in [-0.15, -0.1) is 0 Å². The zero-order valence-corrected chi connectivity index (χ0v) is 16.4. The van der Waals surface area contributed by atoms with E-state index in [-0.39, 0.29) is 12.0 Å². The number of pyridine rings is 1. The Morgan fingerprint density at radius 1 is 1.04 bits per heavy atom. The van der Waals surface area contributed by atoms with Crippen LogP contribution in [0.15, 0.2) is 42.6 Å². The number of benzene rings is 1. The van der Waals surface area contributed by atoms with Crippen molar-refractivity contribution >= 4 is 23.5 Å². The number of nitrogens with zero attached hydrogens (tertiary/aromatic N) is 3. The smallest absolute Gasteiger partial charge is 0.409 e. The minimum atomic E-state index is -0.320. The first kappa shape index (κ1) is 19.7. The van der Waals surface area contributed by atoms with Crippen molar-refractivity contribution in [2.75, 3.05) is 38.1 Å². The van der Waals surface area contributed by atoms with Gasteiger partial charge in [0.1, 0.15) is 5.82 Å². The summed E-state index contributed by atoms with van der Waals surface area (Å²) in [6.45, 7) is 6.17. The number of ether oxygens (including phenoxy) is 1. The van der Waals surface area contributed by atoms with E-state index in [0.717, 1.165) is 12.1 Å². The topological polar surface area (TPSA) is 74.8 Å². The summed E-state index contributed by atoms with van der Waals surface area (Å²) in [6.07, 6.45) is 2.20. The van der Waals surface area contributed by atoms with Crippen LogP contribution in [0.25, 0.3) is 0 Å². The number of piperazine rings is 1. The molecule has 3 rings (SSSR count). The Labute approximate surface area is 165 Å². The fraction of sp³-hybridized carbons (Fsp3) is 0.381. The SMILES string of the molecule is CCOC(=O)N1CCN(C(=O)c2ccc(Nc3ccccc3CC)nc2)CC1. The second kappa shape index (κ2) is 9.21. The van der Waals surface area contributed by atoms with Gasteiger partial charge in [-0.3, -0.25) is 4.79 Å². The molecule has 7 nitrogen and oxygen atoms in total. The van der Waals surface area contributed by atoms with Crippen LogP contribution in [-0.4, -0.2) is 59.6 Å². The monoisotopic (exact) mass is 382 g/mol.